The summed E-state index contributed by atoms with van der Waals surface area (Å²) in [7, 11) is 0. The summed E-state index contributed by atoms with van der Waals surface area (Å²) in [5, 5.41) is 0. The lowest BCUT2D eigenvalue weighted by Gasteiger charge is -2.33. The molecule has 0 amide bonds. The highest BCUT2D eigenvalue weighted by Gasteiger charge is 2.45. The molecule has 0 aromatic heterocycles. The van der Waals surface area contributed by atoms with Gasteiger partial charge >= 0.3 is 0 Å². The van der Waals surface area contributed by atoms with Gasteiger partial charge in [-0.05, 0) is 115 Å². The maximum Gasteiger partial charge on any atom is 0.0540 e. The van der Waals surface area contributed by atoms with E-state index in [1.807, 2.05) is 0 Å². The van der Waals surface area contributed by atoms with Crippen LogP contribution in [0, 0.1) is 0 Å². The van der Waals surface area contributed by atoms with E-state index in [9.17, 15) is 0 Å². The van der Waals surface area contributed by atoms with Crippen molar-refractivity contribution in [2.75, 3.05) is 4.90 Å². The Kier molecular flexibility index (Phi) is 8.76. The minimum atomic E-state index is -0.157. The molecule has 1 nitrogen and oxygen atoms in total. The van der Waals surface area contributed by atoms with Gasteiger partial charge in [0, 0.05) is 27.6 Å². The van der Waals surface area contributed by atoms with Crippen molar-refractivity contribution >= 4 is 17.1 Å². The summed E-state index contributed by atoms with van der Waals surface area (Å²) in [6, 6.07) is 79.4. The Labute approximate surface area is 372 Å². The molecule has 0 unspecified atom stereocenters. The second kappa shape index (κ2) is 14.7. The van der Waals surface area contributed by atoms with Gasteiger partial charge in [0.2, 0.25) is 0 Å². The van der Waals surface area contributed by atoms with Crippen LogP contribution in [0.4, 0.5) is 17.1 Å². The molecule has 3 aliphatic rings. The van der Waals surface area contributed by atoms with Crippen molar-refractivity contribution in [2.45, 2.75) is 50.4 Å². The molecule has 12 rings (SSSR count). The van der Waals surface area contributed by atoms with E-state index in [1.54, 1.807) is 0 Å². The minimum Gasteiger partial charge on any atom is -0.309 e. The molecule has 1 spiro atoms. The lowest BCUT2D eigenvalue weighted by Crippen LogP contribution is -2.21. The number of benzene rings is 9. The topological polar surface area (TPSA) is 3.24 Å². The molecule has 0 bridgehead atoms. The fourth-order valence-corrected chi connectivity index (χ4v) is 11.7. The number of para-hydroxylation sites is 2. The van der Waals surface area contributed by atoms with E-state index in [0.29, 0.717) is 0 Å². The van der Waals surface area contributed by atoms with E-state index in [2.05, 4.69) is 231 Å². The summed E-state index contributed by atoms with van der Waals surface area (Å²) >= 11 is 0. The predicted octanol–water partition coefficient (Wildman–Crippen LogP) is 17.0. The van der Waals surface area contributed by atoms with E-state index >= 15 is 0 Å². The van der Waals surface area contributed by atoms with Crippen LogP contribution < -0.4 is 4.90 Å². The summed E-state index contributed by atoms with van der Waals surface area (Å²) in [4.78, 5) is 2.57. The monoisotopic (exact) mass is 807 g/mol. The third kappa shape index (κ3) is 5.90. The Morgan fingerprint density at radius 3 is 1.43 bits per heavy atom. The van der Waals surface area contributed by atoms with E-state index in [0.717, 1.165) is 5.69 Å². The van der Waals surface area contributed by atoms with Gasteiger partial charge in [0.25, 0.3) is 0 Å². The molecule has 1 heteroatoms. The molecule has 3 aliphatic carbocycles. The first-order chi connectivity index (χ1) is 31.0. The molecule has 0 atom stereocenters. The van der Waals surface area contributed by atoms with Crippen molar-refractivity contribution in [3.05, 3.63) is 235 Å². The van der Waals surface area contributed by atoms with Gasteiger partial charge in [0.1, 0.15) is 0 Å². The van der Waals surface area contributed by atoms with E-state index < -0.39 is 0 Å². The Bertz CT molecular complexity index is 3180. The van der Waals surface area contributed by atoms with Crippen LogP contribution in [0.1, 0.15) is 61.8 Å². The maximum atomic E-state index is 2.57. The number of nitrogens with zero attached hydrogens (tertiary/aromatic N) is 1. The van der Waals surface area contributed by atoms with Crippen LogP contribution in [0.5, 0.6) is 0 Å². The molecule has 63 heavy (non-hydrogen) atoms. The van der Waals surface area contributed by atoms with Crippen molar-refractivity contribution < 1.29 is 0 Å². The Morgan fingerprint density at radius 1 is 0.333 bits per heavy atom. The summed E-state index contributed by atoms with van der Waals surface area (Å²) in [5.41, 5.74) is 24.5. The van der Waals surface area contributed by atoms with Gasteiger partial charge in [0.05, 0.1) is 11.4 Å². The zero-order valence-corrected chi connectivity index (χ0v) is 36.0. The van der Waals surface area contributed by atoms with Crippen LogP contribution in [0.15, 0.2) is 212 Å². The van der Waals surface area contributed by atoms with Crippen molar-refractivity contribution in [1.29, 1.82) is 0 Å². The number of fused-ring (bicyclic) bond motifs is 8. The van der Waals surface area contributed by atoms with Crippen LogP contribution in [0.3, 0.4) is 0 Å². The van der Waals surface area contributed by atoms with Crippen LogP contribution in [-0.2, 0) is 10.8 Å². The molecule has 0 radical (unpaired) electrons. The van der Waals surface area contributed by atoms with Crippen molar-refractivity contribution in [1.82, 2.24) is 0 Å². The Hall–Kier alpha value is -7.22. The lowest BCUT2D eigenvalue weighted by molar-refractivity contribution is 0.550. The minimum absolute atomic E-state index is 0.0534. The van der Waals surface area contributed by atoms with Crippen molar-refractivity contribution in [3.8, 4) is 66.8 Å². The summed E-state index contributed by atoms with van der Waals surface area (Å²) in [5.74, 6) is 0. The van der Waals surface area contributed by atoms with Gasteiger partial charge in [-0.1, -0.05) is 215 Å². The molecule has 0 aliphatic heterocycles. The normalized spacial score (nSPS) is 14.8. The highest BCUT2D eigenvalue weighted by molar-refractivity contribution is 5.98. The van der Waals surface area contributed by atoms with Gasteiger partial charge in [-0.15, -0.1) is 0 Å². The molecular weight excluding hydrogens is 759 g/mol. The van der Waals surface area contributed by atoms with Gasteiger partial charge in [-0.3, -0.25) is 0 Å². The lowest BCUT2D eigenvalue weighted by atomic mass is 9.76. The fraction of sp³-hybridized carbons (Fsp3) is 0.129. The molecule has 1 fully saturated rings. The number of rotatable bonds is 7. The highest BCUT2D eigenvalue weighted by Crippen LogP contribution is 2.59. The average molecular weight is 808 g/mol. The molecule has 1 saturated carbocycles. The number of hydrogen-bond donors (Lipinski definition) is 0. The summed E-state index contributed by atoms with van der Waals surface area (Å²) < 4.78 is 0. The Balaban J connectivity index is 1.03. The second-order valence-corrected chi connectivity index (χ2v) is 18.4. The maximum absolute atomic E-state index is 2.57. The largest absolute Gasteiger partial charge is 0.309 e. The third-order valence-electron chi connectivity index (χ3n) is 14.6. The first kappa shape index (κ1) is 37.5. The van der Waals surface area contributed by atoms with Gasteiger partial charge in [-0.25, -0.2) is 0 Å². The SMILES string of the molecule is CC1(C)c2ccccc2-c2cccc(-c3ccccc3N(c3ccc4c(c3)C3(CCCC3)c3ccccc3-4)c3ccccc3-c3ccc(-c4ccc(-c5ccccc5)cc4)cc3)c21. The van der Waals surface area contributed by atoms with Crippen molar-refractivity contribution in [2.24, 2.45) is 0 Å². The zero-order valence-electron chi connectivity index (χ0n) is 36.0. The molecule has 9 aromatic carbocycles. The van der Waals surface area contributed by atoms with Crippen LogP contribution in [-0.4, -0.2) is 0 Å². The standard InChI is InChI=1S/C62H49N/c1-61(2)55-25-10-6-21-50(55)53-23-16-24-54(60(53)61)52-22-9-13-28-59(52)63(47-37-38-51-49-20-7-11-26-56(49)62(57(51)41-47)39-14-15-40-62)58-27-12-8-19-48(58)46-35-33-45(34-36-46)44-31-29-43(30-32-44)42-17-4-3-5-18-42/h3-13,16-38,41H,14-15,39-40H2,1-2H3. The Morgan fingerprint density at radius 2 is 0.778 bits per heavy atom. The summed E-state index contributed by atoms with van der Waals surface area (Å²) in [6.45, 7) is 4.80. The van der Waals surface area contributed by atoms with Crippen molar-refractivity contribution in [3.63, 3.8) is 0 Å². The number of anilines is 3. The van der Waals surface area contributed by atoms with Crippen LogP contribution in [0.2, 0.25) is 0 Å². The highest BCUT2D eigenvalue weighted by atomic mass is 15.1. The van der Waals surface area contributed by atoms with Gasteiger partial charge < -0.3 is 4.90 Å². The fourth-order valence-electron chi connectivity index (χ4n) is 11.7. The van der Waals surface area contributed by atoms with Gasteiger partial charge in [0.15, 0.2) is 0 Å². The van der Waals surface area contributed by atoms with E-state index in [-0.39, 0.29) is 10.8 Å². The molecular formula is C62H49N. The molecule has 302 valence electrons. The zero-order chi connectivity index (χ0) is 42.1. The smallest absolute Gasteiger partial charge is 0.0540 e. The third-order valence-corrected chi connectivity index (χ3v) is 14.6. The molecule has 0 heterocycles. The van der Waals surface area contributed by atoms with Crippen LogP contribution in [0.25, 0.3) is 66.8 Å². The first-order valence-corrected chi connectivity index (χ1v) is 22.7. The number of hydrogen-bond acceptors (Lipinski definition) is 1. The predicted molar refractivity (Wildman–Crippen MR) is 265 cm³/mol. The van der Waals surface area contributed by atoms with Gasteiger partial charge in [-0.2, -0.15) is 0 Å². The summed E-state index contributed by atoms with van der Waals surface area (Å²) in [6.07, 6.45) is 4.91. The van der Waals surface area contributed by atoms with Crippen LogP contribution >= 0.6 is 0 Å². The van der Waals surface area contributed by atoms with E-state index in [1.165, 1.54) is 126 Å². The molecule has 0 N–H and O–H groups in total. The quantitative estimate of drug-likeness (QED) is 0.155. The average Bonchev–Trinajstić information content (AvgIpc) is 4.02. The van der Waals surface area contributed by atoms with E-state index in [4.69, 9.17) is 0 Å². The molecule has 0 saturated heterocycles. The second-order valence-electron chi connectivity index (χ2n) is 18.4. The molecule has 9 aromatic rings. The first-order valence-electron chi connectivity index (χ1n) is 22.7.